The van der Waals surface area contributed by atoms with Crippen molar-refractivity contribution < 1.29 is 27.5 Å². The molecule has 1 aliphatic rings. The van der Waals surface area contributed by atoms with Crippen LogP contribution in [0.2, 0.25) is 5.02 Å². The number of ether oxygens (including phenoxy) is 2. The van der Waals surface area contributed by atoms with Gasteiger partial charge in [-0.1, -0.05) is 17.7 Å². The fourth-order valence-electron chi connectivity index (χ4n) is 3.35. The molecule has 1 aliphatic heterocycles. The van der Waals surface area contributed by atoms with Gasteiger partial charge in [-0.05, 0) is 50.2 Å². The Kier molecular flexibility index (Phi) is 7.00. The molecule has 1 saturated heterocycles. The summed E-state index contributed by atoms with van der Waals surface area (Å²) in [6, 6.07) is 10.3. The SMILES string of the molecule is COC(=O)c1cccc(NC(=O)c2ccc(Cl)c(S(=O)(=O)N3CC(C)OC(C)C3)c2)c1. The van der Waals surface area contributed by atoms with Crippen LogP contribution in [-0.4, -0.2) is 57.0 Å². The number of carbonyl (C=O) groups excluding carboxylic acids is 2. The number of nitrogens with zero attached hydrogens (tertiary/aromatic N) is 1. The molecule has 0 aliphatic carbocycles. The minimum atomic E-state index is -3.93. The van der Waals surface area contributed by atoms with E-state index in [-0.39, 0.29) is 46.3 Å². The number of sulfonamides is 1. The molecule has 1 N–H and O–H groups in total. The normalized spacial score (nSPS) is 19.6. The van der Waals surface area contributed by atoms with E-state index < -0.39 is 21.9 Å². The van der Waals surface area contributed by atoms with Crippen LogP contribution in [-0.2, 0) is 19.5 Å². The number of morpholine rings is 1. The summed E-state index contributed by atoms with van der Waals surface area (Å²) in [5.41, 5.74) is 0.749. The first kappa shape index (κ1) is 23.2. The van der Waals surface area contributed by atoms with Crippen LogP contribution in [0.3, 0.4) is 0 Å². The minimum absolute atomic E-state index is 0.0241. The average Bonchev–Trinajstić information content (AvgIpc) is 2.72. The number of halogens is 1. The zero-order valence-corrected chi connectivity index (χ0v) is 18.9. The zero-order valence-electron chi connectivity index (χ0n) is 17.3. The second kappa shape index (κ2) is 9.35. The van der Waals surface area contributed by atoms with Crippen molar-refractivity contribution in [3.05, 3.63) is 58.6 Å². The third-order valence-corrected chi connectivity index (χ3v) is 7.05. The summed E-state index contributed by atoms with van der Waals surface area (Å²) in [6.45, 7) is 3.98. The maximum atomic E-state index is 13.2. The Bertz CT molecular complexity index is 1090. The average molecular weight is 467 g/mol. The molecular formula is C21H23ClN2O6S. The topological polar surface area (TPSA) is 102 Å². The van der Waals surface area contributed by atoms with E-state index in [9.17, 15) is 18.0 Å². The summed E-state index contributed by atoms with van der Waals surface area (Å²) < 4.78 is 38.0. The number of carbonyl (C=O) groups is 2. The van der Waals surface area contributed by atoms with Crippen molar-refractivity contribution in [3.8, 4) is 0 Å². The molecule has 0 aromatic heterocycles. The quantitative estimate of drug-likeness (QED) is 0.679. The van der Waals surface area contributed by atoms with Crippen molar-refractivity contribution in [1.29, 1.82) is 0 Å². The van der Waals surface area contributed by atoms with E-state index >= 15 is 0 Å². The van der Waals surface area contributed by atoms with Gasteiger partial charge in [-0.15, -0.1) is 0 Å². The van der Waals surface area contributed by atoms with Gasteiger partial charge < -0.3 is 14.8 Å². The van der Waals surface area contributed by atoms with Crippen LogP contribution in [0.5, 0.6) is 0 Å². The molecule has 2 atom stereocenters. The van der Waals surface area contributed by atoms with E-state index in [1.54, 1.807) is 32.0 Å². The zero-order chi connectivity index (χ0) is 22.8. The molecule has 0 saturated carbocycles. The number of benzene rings is 2. The number of anilines is 1. The maximum absolute atomic E-state index is 13.2. The van der Waals surface area contributed by atoms with Crippen molar-refractivity contribution in [2.45, 2.75) is 31.0 Å². The van der Waals surface area contributed by atoms with Crippen molar-refractivity contribution in [1.82, 2.24) is 4.31 Å². The van der Waals surface area contributed by atoms with E-state index in [2.05, 4.69) is 10.1 Å². The van der Waals surface area contributed by atoms with Crippen molar-refractivity contribution in [2.24, 2.45) is 0 Å². The first-order valence-corrected chi connectivity index (χ1v) is 11.4. The number of hydrogen-bond acceptors (Lipinski definition) is 6. The maximum Gasteiger partial charge on any atom is 0.337 e. The van der Waals surface area contributed by atoms with Gasteiger partial charge in [-0.3, -0.25) is 4.79 Å². The van der Waals surface area contributed by atoms with Crippen LogP contribution < -0.4 is 5.32 Å². The molecule has 8 nitrogen and oxygen atoms in total. The third kappa shape index (κ3) is 5.24. The molecule has 2 aromatic rings. The highest BCUT2D eigenvalue weighted by atomic mass is 35.5. The number of esters is 1. The molecule has 0 bridgehead atoms. The Morgan fingerprint density at radius 1 is 1.10 bits per heavy atom. The molecule has 10 heteroatoms. The van der Waals surface area contributed by atoms with Gasteiger partial charge in [0.15, 0.2) is 0 Å². The Balaban J connectivity index is 1.87. The standard InChI is InChI=1S/C21H23ClN2O6S/c1-13-11-24(12-14(2)30-13)31(27,28)19-10-15(7-8-18(19)22)20(25)23-17-6-4-5-16(9-17)21(26)29-3/h4-10,13-14H,11-12H2,1-3H3,(H,23,25). The van der Waals surface area contributed by atoms with E-state index in [0.717, 1.165) is 0 Å². The molecular weight excluding hydrogens is 444 g/mol. The van der Waals surface area contributed by atoms with Crippen molar-refractivity contribution in [2.75, 3.05) is 25.5 Å². The Hall–Kier alpha value is -2.46. The smallest absolute Gasteiger partial charge is 0.337 e. The first-order valence-electron chi connectivity index (χ1n) is 9.56. The Morgan fingerprint density at radius 3 is 2.42 bits per heavy atom. The highest BCUT2D eigenvalue weighted by Gasteiger charge is 2.33. The van der Waals surface area contributed by atoms with Gasteiger partial charge >= 0.3 is 5.97 Å². The van der Waals surface area contributed by atoms with E-state index in [1.165, 1.54) is 35.7 Å². The molecule has 2 aromatic carbocycles. The molecule has 3 rings (SSSR count). The van der Waals surface area contributed by atoms with Crippen molar-refractivity contribution >= 4 is 39.2 Å². The number of amides is 1. The van der Waals surface area contributed by atoms with Crippen LogP contribution in [0.15, 0.2) is 47.4 Å². The fourth-order valence-corrected chi connectivity index (χ4v) is 5.44. The predicted octanol–water partition coefficient (Wildman–Crippen LogP) is 3.18. The van der Waals surface area contributed by atoms with Gasteiger partial charge in [0.05, 0.1) is 29.9 Å². The van der Waals surface area contributed by atoms with Crippen molar-refractivity contribution in [3.63, 3.8) is 0 Å². The molecule has 2 unspecified atom stereocenters. The molecule has 166 valence electrons. The third-order valence-electron chi connectivity index (χ3n) is 4.74. The highest BCUT2D eigenvalue weighted by Crippen LogP contribution is 2.28. The lowest BCUT2D eigenvalue weighted by Crippen LogP contribution is -2.48. The second-order valence-electron chi connectivity index (χ2n) is 7.25. The van der Waals surface area contributed by atoms with Crippen LogP contribution in [0, 0.1) is 0 Å². The Labute approximate surface area is 186 Å². The van der Waals surface area contributed by atoms with Gasteiger partial charge in [-0.25, -0.2) is 13.2 Å². The second-order valence-corrected chi connectivity index (χ2v) is 9.56. The Morgan fingerprint density at radius 2 is 1.77 bits per heavy atom. The monoisotopic (exact) mass is 466 g/mol. The highest BCUT2D eigenvalue weighted by molar-refractivity contribution is 7.89. The largest absolute Gasteiger partial charge is 0.465 e. The van der Waals surface area contributed by atoms with Crippen LogP contribution in [0.1, 0.15) is 34.6 Å². The van der Waals surface area contributed by atoms with Gasteiger partial charge in [0.25, 0.3) is 5.91 Å². The molecule has 1 fully saturated rings. The summed E-state index contributed by atoms with van der Waals surface area (Å²) in [6.07, 6.45) is -0.517. The van der Waals surface area contributed by atoms with Gasteiger partial charge in [0.1, 0.15) is 4.90 Å². The van der Waals surface area contributed by atoms with E-state index in [0.29, 0.717) is 5.69 Å². The summed E-state index contributed by atoms with van der Waals surface area (Å²) in [5, 5.41) is 2.68. The van der Waals surface area contributed by atoms with Gasteiger partial charge in [-0.2, -0.15) is 4.31 Å². The lowest BCUT2D eigenvalue weighted by Gasteiger charge is -2.34. The fraction of sp³-hybridized carbons (Fsp3) is 0.333. The lowest BCUT2D eigenvalue weighted by atomic mass is 10.1. The minimum Gasteiger partial charge on any atom is -0.465 e. The number of rotatable bonds is 5. The van der Waals surface area contributed by atoms with Crippen LogP contribution in [0.25, 0.3) is 0 Å². The molecule has 1 heterocycles. The first-order chi connectivity index (χ1) is 14.6. The summed E-state index contributed by atoms with van der Waals surface area (Å²) in [7, 11) is -2.67. The summed E-state index contributed by atoms with van der Waals surface area (Å²) in [5.74, 6) is -1.08. The molecule has 31 heavy (non-hydrogen) atoms. The molecule has 1 amide bonds. The van der Waals surface area contributed by atoms with Crippen LogP contribution in [0.4, 0.5) is 5.69 Å². The number of methoxy groups -OCH3 is 1. The summed E-state index contributed by atoms with van der Waals surface area (Å²) >= 11 is 6.19. The van der Waals surface area contributed by atoms with E-state index in [4.69, 9.17) is 16.3 Å². The number of nitrogens with one attached hydrogen (secondary N) is 1. The predicted molar refractivity (Wildman–Crippen MR) is 116 cm³/mol. The number of hydrogen-bond donors (Lipinski definition) is 1. The van der Waals surface area contributed by atoms with Crippen LogP contribution >= 0.6 is 11.6 Å². The molecule has 0 spiro atoms. The molecule has 0 radical (unpaired) electrons. The van der Waals surface area contributed by atoms with Gasteiger partial charge in [0.2, 0.25) is 10.0 Å². The summed E-state index contributed by atoms with van der Waals surface area (Å²) in [4.78, 5) is 24.3. The lowest BCUT2D eigenvalue weighted by molar-refractivity contribution is -0.0440. The van der Waals surface area contributed by atoms with E-state index in [1.807, 2.05) is 0 Å². The van der Waals surface area contributed by atoms with Gasteiger partial charge in [0, 0.05) is 24.3 Å².